The molecular weight excluding hydrogens is 477 g/mol. The van der Waals surface area contributed by atoms with Crippen LogP contribution >= 0.6 is 34.5 Å². The van der Waals surface area contributed by atoms with E-state index in [1.165, 1.54) is 10.4 Å². The van der Waals surface area contributed by atoms with Gasteiger partial charge in [0.25, 0.3) is 0 Å². The molecule has 5 rings (SSSR count). The quantitative estimate of drug-likeness (QED) is 0.401. The highest BCUT2D eigenvalue weighted by Crippen LogP contribution is 2.38. The molecule has 0 amide bonds. The molecule has 0 radical (unpaired) electrons. The van der Waals surface area contributed by atoms with Gasteiger partial charge in [-0.15, -0.1) is 11.3 Å². The van der Waals surface area contributed by atoms with Crippen molar-refractivity contribution in [2.75, 3.05) is 24.8 Å². The van der Waals surface area contributed by atoms with Crippen LogP contribution in [0.15, 0.2) is 41.8 Å². The van der Waals surface area contributed by atoms with E-state index in [4.69, 9.17) is 32.7 Å². The summed E-state index contributed by atoms with van der Waals surface area (Å²) < 4.78 is 11.0. The number of ether oxygens (including phenoxy) is 2. The smallest absolute Gasteiger partial charge is 0.231 e. The van der Waals surface area contributed by atoms with E-state index in [-0.39, 0.29) is 12.8 Å². The summed E-state index contributed by atoms with van der Waals surface area (Å²) in [5.41, 5.74) is 3.77. The maximum Gasteiger partial charge on any atom is 0.231 e. The van der Waals surface area contributed by atoms with E-state index >= 15 is 0 Å². The number of thiophene rings is 1. The van der Waals surface area contributed by atoms with Crippen molar-refractivity contribution in [1.82, 2.24) is 4.90 Å². The summed E-state index contributed by atoms with van der Waals surface area (Å²) in [6.07, 6.45) is 1.03. The third kappa shape index (κ3) is 4.64. The minimum Gasteiger partial charge on any atom is -0.454 e. The van der Waals surface area contributed by atoms with Crippen LogP contribution in [0.5, 0.6) is 11.5 Å². The summed E-state index contributed by atoms with van der Waals surface area (Å²) in [5, 5.41) is 12.6. The molecule has 8 heteroatoms. The topological polar surface area (TPSA) is 48.7 Å². The van der Waals surface area contributed by atoms with Crippen LogP contribution in [0.25, 0.3) is 0 Å². The Kier molecular flexibility index (Phi) is 6.40. The standard InChI is InChI=1S/C25H23Cl2N3O2S/c1-16-5-7-33-25(16)14-29-6-4-20(13-29)30(19-3-2-17(11-28)21(26)9-19)12-18-8-23-24(10-22(18)27)32-15-31-23/h2-3,5,7-10,20H,4,6,12-15H2,1H3. The van der Waals surface area contributed by atoms with Crippen LogP contribution in [0.3, 0.4) is 0 Å². The average molecular weight is 500 g/mol. The summed E-state index contributed by atoms with van der Waals surface area (Å²) in [6.45, 7) is 5.92. The van der Waals surface area contributed by atoms with E-state index in [9.17, 15) is 5.26 Å². The minimum atomic E-state index is 0.212. The van der Waals surface area contributed by atoms with E-state index in [2.05, 4.69) is 34.2 Å². The number of anilines is 1. The Bertz CT molecular complexity index is 1220. The average Bonchev–Trinajstić information content (AvgIpc) is 3.54. The molecule has 1 fully saturated rings. The van der Waals surface area contributed by atoms with Gasteiger partial charge in [-0.25, -0.2) is 0 Å². The van der Waals surface area contributed by atoms with Crippen molar-refractivity contribution in [3.05, 3.63) is 73.4 Å². The molecule has 5 nitrogen and oxygen atoms in total. The Hall–Kier alpha value is -2.43. The van der Waals surface area contributed by atoms with Crippen molar-refractivity contribution in [3.63, 3.8) is 0 Å². The fourth-order valence-corrected chi connectivity index (χ4v) is 5.83. The lowest BCUT2D eigenvalue weighted by atomic mass is 10.1. The van der Waals surface area contributed by atoms with Gasteiger partial charge < -0.3 is 14.4 Å². The highest BCUT2D eigenvalue weighted by atomic mass is 35.5. The van der Waals surface area contributed by atoms with Gasteiger partial charge in [-0.1, -0.05) is 23.2 Å². The molecule has 33 heavy (non-hydrogen) atoms. The Morgan fingerprint density at radius 1 is 1.15 bits per heavy atom. The van der Waals surface area contributed by atoms with Crippen LogP contribution in [0.1, 0.15) is 28.0 Å². The van der Waals surface area contributed by atoms with E-state index in [1.54, 1.807) is 6.07 Å². The van der Waals surface area contributed by atoms with Gasteiger partial charge in [0.2, 0.25) is 6.79 Å². The molecule has 1 atom stereocenters. The van der Waals surface area contributed by atoms with E-state index < -0.39 is 0 Å². The first-order chi connectivity index (χ1) is 16.0. The maximum atomic E-state index is 9.30. The molecule has 2 aliphatic rings. The van der Waals surface area contributed by atoms with Gasteiger partial charge in [0, 0.05) is 53.9 Å². The summed E-state index contributed by atoms with van der Waals surface area (Å²) in [7, 11) is 0. The number of benzene rings is 2. The Morgan fingerprint density at radius 2 is 1.97 bits per heavy atom. The van der Waals surface area contributed by atoms with Crippen molar-refractivity contribution in [1.29, 1.82) is 5.26 Å². The van der Waals surface area contributed by atoms with Crippen LogP contribution in [0.4, 0.5) is 5.69 Å². The van der Waals surface area contributed by atoms with E-state index in [1.807, 2.05) is 35.6 Å². The van der Waals surface area contributed by atoms with Gasteiger partial charge in [-0.3, -0.25) is 4.90 Å². The van der Waals surface area contributed by atoms with Gasteiger partial charge in [-0.2, -0.15) is 5.26 Å². The number of hydrogen-bond acceptors (Lipinski definition) is 6. The SMILES string of the molecule is Cc1ccsc1CN1CCC(N(Cc2cc3c(cc2Cl)OCO3)c2ccc(C#N)c(Cl)c2)C1. The molecule has 1 aromatic heterocycles. The normalized spacial score (nSPS) is 17.3. The molecule has 2 aliphatic heterocycles. The second-order valence-corrected chi connectivity index (χ2v) is 10.2. The van der Waals surface area contributed by atoms with Crippen molar-refractivity contribution in [2.24, 2.45) is 0 Å². The molecule has 1 unspecified atom stereocenters. The van der Waals surface area contributed by atoms with Crippen LogP contribution in [0.2, 0.25) is 10.0 Å². The van der Waals surface area contributed by atoms with Crippen molar-refractivity contribution in [3.8, 4) is 17.6 Å². The molecule has 0 aliphatic carbocycles. The Balaban J connectivity index is 1.43. The number of aryl methyl sites for hydroxylation is 1. The number of nitriles is 1. The zero-order valence-corrected chi connectivity index (χ0v) is 20.5. The van der Waals surface area contributed by atoms with Gasteiger partial charge >= 0.3 is 0 Å². The second-order valence-electron chi connectivity index (χ2n) is 8.41. The minimum absolute atomic E-state index is 0.212. The summed E-state index contributed by atoms with van der Waals surface area (Å²) in [4.78, 5) is 6.27. The summed E-state index contributed by atoms with van der Waals surface area (Å²) >= 11 is 14.9. The predicted octanol–water partition coefficient (Wildman–Crippen LogP) is 6.24. The highest BCUT2D eigenvalue weighted by Gasteiger charge is 2.30. The van der Waals surface area contributed by atoms with Gasteiger partial charge in [0.1, 0.15) is 6.07 Å². The lowest BCUT2D eigenvalue weighted by molar-refractivity contribution is 0.174. The van der Waals surface area contributed by atoms with Gasteiger partial charge in [0.15, 0.2) is 11.5 Å². The van der Waals surface area contributed by atoms with Crippen molar-refractivity contribution < 1.29 is 9.47 Å². The monoisotopic (exact) mass is 499 g/mol. The lowest BCUT2D eigenvalue weighted by Gasteiger charge is -2.32. The fourth-order valence-electron chi connectivity index (χ4n) is 4.45. The third-order valence-electron chi connectivity index (χ3n) is 6.31. The summed E-state index contributed by atoms with van der Waals surface area (Å²) in [5.74, 6) is 1.39. The van der Waals surface area contributed by atoms with Crippen LogP contribution in [0, 0.1) is 18.3 Å². The molecule has 0 N–H and O–H groups in total. The number of likely N-dealkylation sites (tertiary alicyclic amines) is 1. The highest BCUT2D eigenvalue weighted by molar-refractivity contribution is 7.10. The largest absolute Gasteiger partial charge is 0.454 e. The molecule has 2 aromatic carbocycles. The first-order valence-corrected chi connectivity index (χ1v) is 12.4. The van der Waals surface area contributed by atoms with E-state index in [0.717, 1.165) is 37.3 Å². The van der Waals surface area contributed by atoms with Crippen LogP contribution in [-0.4, -0.2) is 30.8 Å². The van der Waals surface area contributed by atoms with Crippen molar-refractivity contribution in [2.45, 2.75) is 32.5 Å². The third-order valence-corrected chi connectivity index (χ3v) is 7.98. The van der Waals surface area contributed by atoms with Gasteiger partial charge in [0.05, 0.1) is 10.6 Å². The van der Waals surface area contributed by atoms with Crippen molar-refractivity contribution >= 4 is 40.2 Å². The number of fused-ring (bicyclic) bond motifs is 1. The zero-order valence-electron chi connectivity index (χ0n) is 18.2. The first kappa shape index (κ1) is 22.4. The van der Waals surface area contributed by atoms with E-state index in [0.29, 0.717) is 33.7 Å². The summed E-state index contributed by atoms with van der Waals surface area (Å²) in [6, 6.07) is 14.0. The maximum absolute atomic E-state index is 9.30. The number of rotatable bonds is 6. The molecule has 1 saturated heterocycles. The predicted molar refractivity (Wildman–Crippen MR) is 133 cm³/mol. The molecule has 0 spiro atoms. The molecule has 0 bridgehead atoms. The molecule has 3 heterocycles. The fraction of sp³-hybridized carbons (Fsp3) is 0.320. The van der Waals surface area contributed by atoms with Crippen LogP contribution in [-0.2, 0) is 13.1 Å². The molecule has 0 saturated carbocycles. The second kappa shape index (κ2) is 9.44. The zero-order chi connectivity index (χ0) is 22.9. The Labute approximate surface area is 207 Å². The molecular formula is C25H23Cl2N3O2S. The molecule has 170 valence electrons. The Morgan fingerprint density at radius 3 is 2.70 bits per heavy atom. The van der Waals surface area contributed by atoms with Gasteiger partial charge in [-0.05, 0) is 60.2 Å². The lowest BCUT2D eigenvalue weighted by Crippen LogP contribution is -2.37. The first-order valence-electron chi connectivity index (χ1n) is 10.8. The number of hydrogen-bond donors (Lipinski definition) is 0. The van der Waals surface area contributed by atoms with Crippen LogP contribution < -0.4 is 14.4 Å². The number of halogens is 2. The molecule has 3 aromatic rings. The number of nitrogens with zero attached hydrogens (tertiary/aromatic N) is 3.